The summed E-state index contributed by atoms with van der Waals surface area (Å²) in [5, 5.41) is -0.0282. The molecule has 4 nitrogen and oxygen atoms in total. The van der Waals surface area contributed by atoms with E-state index in [1.807, 2.05) is 0 Å². The summed E-state index contributed by atoms with van der Waals surface area (Å²) in [6.45, 7) is 5.25. The summed E-state index contributed by atoms with van der Waals surface area (Å²) >= 11 is 11.3. The summed E-state index contributed by atoms with van der Waals surface area (Å²) in [6, 6.07) is 0. The highest BCUT2D eigenvalue weighted by Crippen LogP contribution is 2.12. The van der Waals surface area contributed by atoms with Crippen molar-refractivity contribution in [1.29, 1.82) is 0 Å². The molecule has 84 valence electrons. The molecule has 15 heavy (non-hydrogen) atoms. The first-order chi connectivity index (χ1) is 6.79. The van der Waals surface area contributed by atoms with E-state index in [1.165, 1.54) is 0 Å². The number of nitrogens with one attached hydrogen (secondary N) is 1. The standard InChI is InChI=1S/C9H12Cl2N2O2/c1-9(2,3)13-7(14)6(11)5(4-10)12-8(13)15/h4H2,1-3H3,(H,12,15). The van der Waals surface area contributed by atoms with Gasteiger partial charge in [-0.25, -0.2) is 4.79 Å². The monoisotopic (exact) mass is 250 g/mol. The smallest absolute Gasteiger partial charge is 0.308 e. The van der Waals surface area contributed by atoms with Crippen LogP contribution in [0.3, 0.4) is 0 Å². The molecule has 1 rings (SSSR count). The molecule has 0 aliphatic carbocycles. The molecule has 6 heteroatoms. The van der Waals surface area contributed by atoms with Crippen LogP contribution in [0.4, 0.5) is 0 Å². The van der Waals surface area contributed by atoms with Gasteiger partial charge in [-0.05, 0) is 20.8 Å². The molecule has 0 aromatic carbocycles. The number of hydrogen-bond donors (Lipinski definition) is 1. The largest absolute Gasteiger partial charge is 0.329 e. The zero-order valence-corrected chi connectivity index (χ0v) is 10.2. The van der Waals surface area contributed by atoms with Crippen molar-refractivity contribution in [2.75, 3.05) is 0 Å². The van der Waals surface area contributed by atoms with Crippen molar-refractivity contribution < 1.29 is 0 Å². The second kappa shape index (κ2) is 4.02. The normalized spacial score (nSPS) is 11.8. The minimum atomic E-state index is -0.612. The van der Waals surface area contributed by atoms with Crippen LogP contribution in [0.2, 0.25) is 5.02 Å². The summed E-state index contributed by atoms with van der Waals surface area (Å²) in [4.78, 5) is 25.9. The Bertz CT molecular complexity index is 482. The predicted octanol–water partition coefficient (Wildman–Crippen LogP) is 1.68. The van der Waals surface area contributed by atoms with E-state index >= 15 is 0 Å². The van der Waals surface area contributed by atoms with E-state index in [1.54, 1.807) is 20.8 Å². The van der Waals surface area contributed by atoms with Crippen molar-refractivity contribution in [3.8, 4) is 0 Å². The van der Waals surface area contributed by atoms with Gasteiger partial charge in [0.15, 0.2) is 0 Å². The average molecular weight is 251 g/mol. The molecule has 0 aliphatic heterocycles. The number of halogens is 2. The molecule has 0 unspecified atom stereocenters. The Morgan fingerprint density at radius 2 is 1.87 bits per heavy atom. The lowest BCUT2D eigenvalue weighted by molar-refractivity contribution is 0.366. The van der Waals surface area contributed by atoms with E-state index in [-0.39, 0.29) is 16.6 Å². The van der Waals surface area contributed by atoms with Gasteiger partial charge in [0, 0.05) is 5.54 Å². The van der Waals surface area contributed by atoms with Gasteiger partial charge in [0.2, 0.25) is 0 Å². The minimum Gasteiger partial charge on any atom is -0.308 e. The lowest BCUT2D eigenvalue weighted by Crippen LogP contribution is -2.45. The molecule has 0 bridgehead atoms. The first-order valence-electron chi connectivity index (χ1n) is 4.39. The Morgan fingerprint density at radius 1 is 1.33 bits per heavy atom. The molecule has 1 aromatic rings. The number of aromatic nitrogens is 2. The predicted molar refractivity (Wildman–Crippen MR) is 60.9 cm³/mol. The number of nitrogens with zero attached hydrogens (tertiary/aromatic N) is 1. The summed E-state index contributed by atoms with van der Waals surface area (Å²) < 4.78 is 1.07. The average Bonchev–Trinajstić information content (AvgIpc) is 2.09. The van der Waals surface area contributed by atoms with Crippen molar-refractivity contribution in [1.82, 2.24) is 9.55 Å². The molecule has 0 saturated heterocycles. The molecule has 0 radical (unpaired) electrons. The summed E-state index contributed by atoms with van der Waals surface area (Å²) in [6.07, 6.45) is 0. The van der Waals surface area contributed by atoms with Crippen LogP contribution in [0.25, 0.3) is 0 Å². The minimum absolute atomic E-state index is 0.00823. The number of hydrogen-bond acceptors (Lipinski definition) is 2. The first-order valence-corrected chi connectivity index (χ1v) is 5.30. The molecule has 1 N–H and O–H groups in total. The van der Waals surface area contributed by atoms with Crippen molar-refractivity contribution in [2.45, 2.75) is 32.2 Å². The first kappa shape index (κ1) is 12.3. The van der Waals surface area contributed by atoms with Gasteiger partial charge in [-0.2, -0.15) is 0 Å². The van der Waals surface area contributed by atoms with E-state index in [2.05, 4.69) is 4.98 Å². The zero-order valence-electron chi connectivity index (χ0n) is 8.73. The third-order valence-corrected chi connectivity index (χ3v) is 2.58. The van der Waals surface area contributed by atoms with Gasteiger partial charge in [-0.1, -0.05) is 11.6 Å². The van der Waals surface area contributed by atoms with Crippen LogP contribution in [-0.4, -0.2) is 9.55 Å². The molecule has 1 aromatic heterocycles. The van der Waals surface area contributed by atoms with Crippen molar-refractivity contribution in [3.05, 3.63) is 31.6 Å². The summed E-state index contributed by atoms with van der Waals surface area (Å²) in [5.74, 6) is 0.00823. The van der Waals surface area contributed by atoms with Crippen LogP contribution >= 0.6 is 23.2 Å². The summed E-state index contributed by atoms with van der Waals surface area (Å²) in [5.41, 5.74) is -1.36. The fourth-order valence-corrected chi connectivity index (χ4v) is 1.73. The van der Waals surface area contributed by atoms with Gasteiger partial charge in [-0.15, -0.1) is 11.6 Å². The van der Waals surface area contributed by atoms with Crippen LogP contribution in [0.5, 0.6) is 0 Å². The number of alkyl halides is 1. The van der Waals surface area contributed by atoms with Gasteiger partial charge in [0.05, 0.1) is 11.6 Å². The van der Waals surface area contributed by atoms with Gasteiger partial charge < -0.3 is 4.98 Å². The van der Waals surface area contributed by atoms with E-state index < -0.39 is 16.8 Å². The van der Waals surface area contributed by atoms with E-state index in [0.717, 1.165) is 4.57 Å². The molecule has 1 heterocycles. The zero-order chi connectivity index (χ0) is 11.8. The lowest BCUT2D eigenvalue weighted by atomic mass is 10.1. The van der Waals surface area contributed by atoms with Crippen LogP contribution in [-0.2, 0) is 11.4 Å². The van der Waals surface area contributed by atoms with Gasteiger partial charge in [-0.3, -0.25) is 9.36 Å². The Morgan fingerprint density at radius 3 is 2.27 bits per heavy atom. The molecule has 0 spiro atoms. The van der Waals surface area contributed by atoms with Gasteiger partial charge >= 0.3 is 5.69 Å². The van der Waals surface area contributed by atoms with Gasteiger partial charge in [0.25, 0.3) is 5.56 Å². The Labute approximate surface area is 96.8 Å². The Balaban J connectivity index is 3.66. The van der Waals surface area contributed by atoms with E-state index in [9.17, 15) is 9.59 Å². The third kappa shape index (κ3) is 2.26. The Kier molecular flexibility index (Phi) is 3.31. The van der Waals surface area contributed by atoms with Crippen LogP contribution in [0.1, 0.15) is 26.5 Å². The molecule has 0 atom stereocenters. The van der Waals surface area contributed by atoms with Crippen LogP contribution in [0, 0.1) is 0 Å². The highest BCUT2D eigenvalue weighted by atomic mass is 35.5. The molecule has 0 fully saturated rings. The number of aromatic amines is 1. The number of rotatable bonds is 1. The highest BCUT2D eigenvalue weighted by molar-refractivity contribution is 6.31. The lowest BCUT2D eigenvalue weighted by Gasteiger charge is -2.21. The highest BCUT2D eigenvalue weighted by Gasteiger charge is 2.21. The number of H-pyrrole nitrogens is 1. The van der Waals surface area contributed by atoms with Crippen molar-refractivity contribution in [2.24, 2.45) is 0 Å². The molecule has 0 aliphatic rings. The topological polar surface area (TPSA) is 54.9 Å². The third-order valence-electron chi connectivity index (χ3n) is 1.92. The maximum Gasteiger partial charge on any atom is 0.329 e. The molecular formula is C9H12Cl2N2O2. The molecular weight excluding hydrogens is 239 g/mol. The van der Waals surface area contributed by atoms with Gasteiger partial charge in [0.1, 0.15) is 5.02 Å². The second-order valence-corrected chi connectivity index (χ2v) is 4.81. The Hall–Kier alpha value is -0.740. The van der Waals surface area contributed by atoms with Crippen LogP contribution in [0.15, 0.2) is 9.59 Å². The maximum atomic E-state index is 11.8. The maximum absolute atomic E-state index is 11.8. The SMILES string of the molecule is CC(C)(C)n1c(=O)[nH]c(CCl)c(Cl)c1=O. The molecule has 0 amide bonds. The van der Waals surface area contributed by atoms with Crippen molar-refractivity contribution >= 4 is 23.2 Å². The molecule has 0 saturated carbocycles. The van der Waals surface area contributed by atoms with E-state index in [0.29, 0.717) is 0 Å². The fourth-order valence-electron chi connectivity index (χ4n) is 1.26. The van der Waals surface area contributed by atoms with E-state index in [4.69, 9.17) is 23.2 Å². The summed E-state index contributed by atoms with van der Waals surface area (Å²) in [7, 11) is 0. The quantitative estimate of drug-likeness (QED) is 0.772. The van der Waals surface area contributed by atoms with Crippen LogP contribution < -0.4 is 11.2 Å². The van der Waals surface area contributed by atoms with Crippen molar-refractivity contribution in [3.63, 3.8) is 0 Å². The fraction of sp³-hybridized carbons (Fsp3) is 0.556. The second-order valence-electron chi connectivity index (χ2n) is 4.17.